The van der Waals surface area contributed by atoms with Crippen molar-refractivity contribution < 1.29 is 4.39 Å². The highest BCUT2D eigenvalue weighted by atomic mass is 19.1. The fourth-order valence-corrected chi connectivity index (χ4v) is 3.68. The van der Waals surface area contributed by atoms with Gasteiger partial charge >= 0.3 is 0 Å². The maximum Gasteiger partial charge on any atom is 0.101 e. The molecule has 2 unspecified atom stereocenters. The molecule has 1 aliphatic rings. The minimum Gasteiger partial charge on any atom is -0.262 e. The highest BCUT2D eigenvalue weighted by Crippen LogP contribution is 2.45. The van der Waals surface area contributed by atoms with E-state index in [1.165, 1.54) is 22.3 Å². The van der Waals surface area contributed by atoms with Crippen LogP contribution in [0, 0.1) is 20.8 Å². The monoisotopic (exact) mass is 297 g/mol. The minimum absolute atomic E-state index is 0.257. The van der Waals surface area contributed by atoms with Gasteiger partial charge in [-0.2, -0.15) is 0 Å². The van der Waals surface area contributed by atoms with Gasteiger partial charge in [0.1, 0.15) is 6.17 Å². The largest absolute Gasteiger partial charge is 0.262 e. The number of nitrogens with zero attached hydrogens (tertiary/aromatic N) is 1. The molecule has 2 aromatic rings. The molecule has 0 amide bonds. The van der Waals surface area contributed by atoms with Crippen molar-refractivity contribution in [2.24, 2.45) is 0 Å². The molecular weight excluding hydrogens is 273 g/mol. The first-order chi connectivity index (χ1) is 10.5. The standard InChI is InChI=1S/C20H24FN/c1-13-4-5-16(10-14(13)2)19-7-6-18(21)12-20(19)17-8-9-22-15(3)11-17/h4-5,8-11,18-20H,6-7,12H2,1-3H3/t18?,19?,20-/m0/s1. The lowest BCUT2D eigenvalue weighted by Gasteiger charge is -2.34. The summed E-state index contributed by atoms with van der Waals surface area (Å²) in [7, 11) is 0. The molecule has 1 heterocycles. The van der Waals surface area contributed by atoms with Gasteiger partial charge < -0.3 is 0 Å². The molecule has 1 saturated carbocycles. The molecule has 0 saturated heterocycles. The Morgan fingerprint density at radius 1 is 0.909 bits per heavy atom. The van der Waals surface area contributed by atoms with Crippen molar-refractivity contribution in [3.8, 4) is 0 Å². The van der Waals surface area contributed by atoms with Gasteiger partial charge in [0.25, 0.3) is 0 Å². The van der Waals surface area contributed by atoms with Crippen molar-refractivity contribution in [2.45, 2.75) is 58.0 Å². The number of hydrogen-bond donors (Lipinski definition) is 0. The number of hydrogen-bond acceptors (Lipinski definition) is 1. The van der Waals surface area contributed by atoms with Gasteiger partial charge in [-0.25, -0.2) is 4.39 Å². The van der Waals surface area contributed by atoms with Gasteiger partial charge in [0.15, 0.2) is 0 Å². The summed E-state index contributed by atoms with van der Waals surface area (Å²) in [6.07, 6.45) is 3.40. The Morgan fingerprint density at radius 2 is 1.68 bits per heavy atom. The maximum atomic E-state index is 14.0. The second kappa shape index (κ2) is 6.20. The number of pyridine rings is 1. The lowest BCUT2D eigenvalue weighted by atomic mass is 9.71. The average molecular weight is 297 g/mol. The first-order valence-corrected chi connectivity index (χ1v) is 8.18. The quantitative estimate of drug-likeness (QED) is 0.723. The van der Waals surface area contributed by atoms with Gasteiger partial charge in [0, 0.05) is 11.9 Å². The SMILES string of the molecule is Cc1cc([C@@H]2CC(F)CCC2c2ccc(C)c(C)c2)ccn1. The van der Waals surface area contributed by atoms with Crippen molar-refractivity contribution in [2.75, 3.05) is 0 Å². The number of benzene rings is 1. The Hall–Kier alpha value is -1.70. The Morgan fingerprint density at radius 3 is 2.41 bits per heavy atom. The van der Waals surface area contributed by atoms with Crippen LogP contribution in [0.1, 0.15) is 59.0 Å². The lowest BCUT2D eigenvalue weighted by molar-refractivity contribution is 0.212. The van der Waals surface area contributed by atoms with E-state index in [9.17, 15) is 4.39 Å². The van der Waals surface area contributed by atoms with Crippen LogP contribution < -0.4 is 0 Å². The third-order valence-electron chi connectivity index (χ3n) is 5.09. The van der Waals surface area contributed by atoms with Crippen molar-refractivity contribution in [1.82, 2.24) is 4.98 Å². The zero-order valence-corrected chi connectivity index (χ0v) is 13.6. The first-order valence-electron chi connectivity index (χ1n) is 8.18. The minimum atomic E-state index is -0.679. The van der Waals surface area contributed by atoms with Gasteiger partial charge in [-0.05, 0) is 86.3 Å². The highest BCUT2D eigenvalue weighted by Gasteiger charge is 2.32. The second-order valence-corrected chi connectivity index (χ2v) is 6.70. The molecular formula is C20H24FN. The molecule has 3 rings (SSSR count). The third kappa shape index (κ3) is 3.06. The van der Waals surface area contributed by atoms with Crippen LogP contribution in [0.3, 0.4) is 0 Å². The van der Waals surface area contributed by atoms with Crippen LogP contribution in [0.5, 0.6) is 0 Å². The lowest BCUT2D eigenvalue weighted by Crippen LogP contribution is -2.23. The summed E-state index contributed by atoms with van der Waals surface area (Å²) >= 11 is 0. The highest BCUT2D eigenvalue weighted by molar-refractivity contribution is 5.35. The number of alkyl halides is 1. The maximum absolute atomic E-state index is 14.0. The number of aryl methyl sites for hydroxylation is 3. The summed E-state index contributed by atoms with van der Waals surface area (Å²) < 4.78 is 14.0. The predicted octanol–water partition coefficient (Wildman–Crippen LogP) is 5.40. The summed E-state index contributed by atoms with van der Waals surface area (Å²) in [5.41, 5.74) is 6.24. The fourth-order valence-electron chi connectivity index (χ4n) is 3.68. The molecule has 0 N–H and O–H groups in total. The number of halogens is 1. The van der Waals surface area contributed by atoms with Crippen molar-refractivity contribution in [3.05, 3.63) is 64.5 Å². The molecule has 1 aromatic carbocycles. The second-order valence-electron chi connectivity index (χ2n) is 6.70. The number of aromatic nitrogens is 1. The third-order valence-corrected chi connectivity index (χ3v) is 5.09. The first kappa shape index (κ1) is 15.2. The molecule has 1 aliphatic carbocycles. The zero-order valence-electron chi connectivity index (χ0n) is 13.6. The topological polar surface area (TPSA) is 12.9 Å². The molecule has 1 aromatic heterocycles. The van der Waals surface area contributed by atoms with Gasteiger partial charge in [-0.1, -0.05) is 18.2 Å². The summed E-state index contributed by atoms with van der Waals surface area (Å²) in [4.78, 5) is 4.28. The van der Waals surface area contributed by atoms with Gasteiger partial charge in [-0.3, -0.25) is 4.98 Å². The van der Waals surface area contributed by atoms with E-state index in [1.807, 2.05) is 13.1 Å². The molecule has 2 heteroatoms. The predicted molar refractivity (Wildman–Crippen MR) is 89.1 cm³/mol. The van der Waals surface area contributed by atoms with E-state index >= 15 is 0 Å². The van der Waals surface area contributed by atoms with Crippen LogP contribution >= 0.6 is 0 Å². The summed E-state index contributed by atoms with van der Waals surface area (Å²) in [5.74, 6) is 0.667. The summed E-state index contributed by atoms with van der Waals surface area (Å²) in [5, 5.41) is 0. The van der Waals surface area contributed by atoms with E-state index in [0.29, 0.717) is 18.8 Å². The van der Waals surface area contributed by atoms with Crippen LogP contribution in [0.4, 0.5) is 4.39 Å². The van der Waals surface area contributed by atoms with E-state index < -0.39 is 6.17 Å². The normalized spacial score (nSPS) is 25.2. The Bertz CT molecular complexity index is 665. The van der Waals surface area contributed by atoms with Crippen molar-refractivity contribution in [3.63, 3.8) is 0 Å². The Labute approximate surface area is 132 Å². The van der Waals surface area contributed by atoms with Crippen LogP contribution in [-0.4, -0.2) is 11.2 Å². The smallest absolute Gasteiger partial charge is 0.101 e. The van der Waals surface area contributed by atoms with E-state index in [4.69, 9.17) is 0 Å². The molecule has 116 valence electrons. The zero-order chi connectivity index (χ0) is 15.7. The van der Waals surface area contributed by atoms with E-state index in [-0.39, 0.29) is 5.92 Å². The Kier molecular flexibility index (Phi) is 4.28. The molecule has 0 aliphatic heterocycles. The van der Waals surface area contributed by atoms with Crippen LogP contribution in [0.25, 0.3) is 0 Å². The van der Waals surface area contributed by atoms with Gasteiger partial charge in [-0.15, -0.1) is 0 Å². The van der Waals surface area contributed by atoms with E-state index in [0.717, 1.165) is 12.1 Å². The van der Waals surface area contributed by atoms with E-state index in [2.05, 4.69) is 49.2 Å². The molecule has 0 radical (unpaired) electrons. The van der Waals surface area contributed by atoms with Crippen LogP contribution in [0.2, 0.25) is 0 Å². The van der Waals surface area contributed by atoms with Crippen molar-refractivity contribution >= 4 is 0 Å². The van der Waals surface area contributed by atoms with Gasteiger partial charge in [0.2, 0.25) is 0 Å². The summed E-state index contributed by atoms with van der Waals surface area (Å²) in [6.45, 7) is 6.30. The summed E-state index contributed by atoms with van der Waals surface area (Å²) in [6, 6.07) is 10.9. The molecule has 22 heavy (non-hydrogen) atoms. The molecule has 0 spiro atoms. The van der Waals surface area contributed by atoms with Crippen LogP contribution in [0.15, 0.2) is 36.5 Å². The van der Waals surface area contributed by atoms with Crippen molar-refractivity contribution in [1.29, 1.82) is 0 Å². The molecule has 3 atom stereocenters. The molecule has 1 nitrogen and oxygen atoms in total. The van der Waals surface area contributed by atoms with Gasteiger partial charge in [0.05, 0.1) is 0 Å². The van der Waals surface area contributed by atoms with E-state index in [1.54, 1.807) is 0 Å². The average Bonchev–Trinajstić information content (AvgIpc) is 2.50. The van der Waals surface area contributed by atoms with Crippen LogP contribution in [-0.2, 0) is 0 Å². The molecule has 1 fully saturated rings. The Balaban J connectivity index is 1.98. The fraction of sp³-hybridized carbons (Fsp3) is 0.450. The molecule has 0 bridgehead atoms. The number of rotatable bonds is 2.